The molecule has 1 amide bonds. The lowest BCUT2D eigenvalue weighted by Gasteiger charge is -2.14. The highest BCUT2D eigenvalue weighted by Gasteiger charge is 2.11. The van der Waals surface area contributed by atoms with Crippen LogP contribution >= 0.6 is 23.1 Å². The van der Waals surface area contributed by atoms with Gasteiger partial charge in [0.15, 0.2) is 0 Å². The zero-order valence-electron chi connectivity index (χ0n) is 12.7. The Morgan fingerprint density at radius 1 is 1.41 bits per heavy atom. The van der Waals surface area contributed by atoms with E-state index in [9.17, 15) is 4.79 Å². The predicted molar refractivity (Wildman–Crippen MR) is 91.5 cm³/mol. The first-order chi connectivity index (χ1) is 10.6. The highest BCUT2D eigenvalue weighted by Crippen LogP contribution is 2.23. The topological polar surface area (TPSA) is 62.2 Å². The van der Waals surface area contributed by atoms with Gasteiger partial charge in [0, 0.05) is 21.6 Å². The maximum absolute atomic E-state index is 12.0. The minimum atomic E-state index is -0.186. The van der Waals surface area contributed by atoms with Gasteiger partial charge >= 0.3 is 0 Å². The highest BCUT2D eigenvalue weighted by atomic mass is 32.2. The third kappa shape index (κ3) is 4.83. The number of hydrogen-bond donors (Lipinski definition) is 2. The molecule has 0 aliphatic heterocycles. The van der Waals surface area contributed by atoms with Crippen molar-refractivity contribution in [1.82, 2.24) is 10.3 Å². The zero-order chi connectivity index (χ0) is 15.9. The van der Waals surface area contributed by atoms with Crippen LogP contribution in [0.1, 0.15) is 34.4 Å². The van der Waals surface area contributed by atoms with E-state index in [4.69, 9.17) is 5.11 Å². The quantitative estimate of drug-likeness (QED) is 0.762. The van der Waals surface area contributed by atoms with E-state index in [0.717, 1.165) is 21.3 Å². The number of thiazole rings is 1. The molecule has 0 radical (unpaired) electrons. The first kappa shape index (κ1) is 17.0. The number of aromatic nitrogens is 1. The summed E-state index contributed by atoms with van der Waals surface area (Å²) >= 11 is 3.36. The van der Waals surface area contributed by atoms with Crippen LogP contribution in [0.2, 0.25) is 0 Å². The fourth-order valence-electron chi connectivity index (χ4n) is 1.88. The Labute approximate surface area is 139 Å². The first-order valence-electron chi connectivity index (χ1n) is 7.18. The fraction of sp³-hybridized carbons (Fsp3) is 0.375. The van der Waals surface area contributed by atoms with Crippen molar-refractivity contribution in [2.75, 3.05) is 6.61 Å². The maximum Gasteiger partial charge on any atom is 0.251 e. The average Bonchev–Trinajstić information content (AvgIpc) is 2.96. The van der Waals surface area contributed by atoms with Gasteiger partial charge in [0.05, 0.1) is 23.4 Å². The molecule has 1 aromatic heterocycles. The zero-order valence-corrected chi connectivity index (χ0v) is 14.3. The number of aryl methyl sites for hydroxylation is 1. The first-order valence-corrected chi connectivity index (χ1v) is 9.04. The van der Waals surface area contributed by atoms with E-state index in [1.807, 2.05) is 38.1 Å². The number of amides is 1. The molecule has 118 valence electrons. The smallest absolute Gasteiger partial charge is 0.251 e. The molecule has 0 fully saturated rings. The number of rotatable bonds is 7. The second-order valence-electron chi connectivity index (χ2n) is 4.93. The summed E-state index contributed by atoms with van der Waals surface area (Å²) in [6.07, 6.45) is 0.712. The molecule has 0 aliphatic carbocycles. The van der Waals surface area contributed by atoms with Gasteiger partial charge in [-0.05, 0) is 37.6 Å². The van der Waals surface area contributed by atoms with Crippen molar-refractivity contribution in [1.29, 1.82) is 0 Å². The second kappa shape index (κ2) is 8.31. The number of nitrogens with zero attached hydrogens (tertiary/aromatic N) is 1. The third-order valence-electron chi connectivity index (χ3n) is 3.22. The summed E-state index contributed by atoms with van der Waals surface area (Å²) in [5, 5.41) is 15.1. The van der Waals surface area contributed by atoms with Crippen molar-refractivity contribution < 1.29 is 9.90 Å². The molecule has 4 nitrogen and oxygen atoms in total. The van der Waals surface area contributed by atoms with E-state index in [-0.39, 0.29) is 18.6 Å². The Kier molecular flexibility index (Phi) is 6.42. The Morgan fingerprint density at radius 2 is 2.14 bits per heavy atom. The van der Waals surface area contributed by atoms with Crippen molar-refractivity contribution in [3.63, 3.8) is 0 Å². The van der Waals surface area contributed by atoms with E-state index >= 15 is 0 Å². The van der Waals surface area contributed by atoms with Gasteiger partial charge in [0.2, 0.25) is 0 Å². The van der Waals surface area contributed by atoms with Crippen LogP contribution in [0.15, 0.2) is 34.5 Å². The summed E-state index contributed by atoms with van der Waals surface area (Å²) in [6, 6.07) is 7.33. The molecule has 22 heavy (non-hydrogen) atoms. The number of carbonyl (C=O) groups is 1. The van der Waals surface area contributed by atoms with E-state index in [1.54, 1.807) is 23.1 Å². The summed E-state index contributed by atoms with van der Waals surface area (Å²) in [5.41, 5.74) is 1.70. The van der Waals surface area contributed by atoms with Gasteiger partial charge in [0.1, 0.15) is 0 Å². The number of carbonyl (C=O) groups excluding carboxylic acids is 1. The van der Waals surface area contributed by atoms with Crippen LogP contribution in [0, 0.1) is 6.92 Å². The monoisotopic (exact) mass is 336 g/mol. The lowest BCUT2D eigenvalue weighted by molar-refractivity contribution is 0.0915. The molecular formula is C16H20N2O2S2. The Morgan fingerprint density at radius 3 is 2.68 bits per heavy atom. The molecule has 1 atom stereocenters. The van der Waals surface area contributed by atoms with Gasteiger partial charge in [-0.3, -0.25) is 4.79 Å². The molecule has 1 aromatic carbocycles. The van der Waals surface area contributed by atoms with Crippen molar-refractivity contribution in [2.45, 2.75) is 37.0 Å². The Balaban J connectivity index is 1.90. The van der Waals surface area contributed by atoms with E-state index in [2.05, 4.69) is 15.7 Å². The summed E-state index contributed by atoms with van der Waals surface area (Å²) in [7, 11) is 0. The SMILES string of the molecule is CCC(CO)NC(=O)c1ccc(SCc2csc(C)n2)cc1. The Hall–Kier alpha value is -1.37. The molecule has 0 saturated carbocycles. The molecule has 1 unspecified atom stereocenters. The molecule has 0 aliphatic rings. The minimum absolute atomic E-state index is 0.0385. The minimum Gasteiger partial charge on any atom is -0.394 e. The highest BCUT2D eigenvalue weighted by molar-refractivity contribution is 7.98. The van der Waals surface area contributed by atoms with E-state index in [1.165, 1.54) is 0 Å². The predicted octanol–water partition coefficient (Wildman–Crippen LogP) is 3.24. The normalized spacial score (nSPS) is 12.1. The van der Waals surface area contributed by atoms with Crippen molar-refractivity contribution >= 4 is 29.0 Å². The molecular weight excluding hydrogens is 316 g/mol. The molecule has 0 bridgehead atoms. The number of nitrogens with one attached hydrogen (secondary N) is 1. The maximum atomic E-state index is 12.0. The van der Waals surface area contributed by atoms with Crippen LogP contribution in [0.25, 0.3) is 0 Å². The van der Waals surface area contributed by atoms with Crippen molar-refractivity contribution in [3.05, 3.63) is 45.9 Å². The van der Waals surface area contributed by atoms with Gasteiger partial charge in [0.25, 0.3) is 5.91 Å². The molecule has 1 heterocycles. The number of benzene rings is 1. The van der Waals surface area contributed by atoms with Gasteiger partial charge < -0.3 is 10.4 Å². The standard InChI is InChI=1S/C16H20N2O2S2/c1-3-13(8-19)18-16(20)12-4-6-15(7-5-12)22-10-14-9-21-11(2)17-14/h4-7,9,13,19H,3,8,10H2,1-2H3,(H,18,20). The van der Waals surface area contributed by atoms with Crippen molar-refractivity contribution in [3.8, 4) is 0 Å². The van der Waals surface area contributed by atoms with Crippen LogP contribution in [0.5, 0.6) is 0 Å². The molecule has 0 spiro atoms. The molecule has 2 N–H and O–H groups in total. The molecule has 6 heteroatoms. The molecule has 2 aromatic rings. The molecule has 2 rings (SSSR count). The largest absolute Gasteiger partial charge is 0.394 e. The van der Waals surface area contributed by atoms with Crippen LogP contribution in [0.3, 0.4) is 0 Å². The van der Waals surface area contributed by atoms with Gasteiger partial charge in [-0.25, -0.2) is 4.98 Å². The van der Waals surface area contributed by atoms with Gasteiger partial charge in [-0.1, -0.05) is 6.92 Å². The lowest BCUT2D eigenvalue weighted by atomic mass is 10.2. The van der Waals surface area contributed by atoms with Gasteiger partial charge in [-0.2, -0.15) is 0 Å². The number of thioether (sulfide) groups is 1. The lowest BCUT2D eigenvalue weighted by Crippen LogP contribution is -2.36. The number of aliphatic hydroxyl groups excluding tert-OH is 1. The molecule has 0 saturated heterocycles. The summed E-state index contributed by atoms with van der Waals surface area (Å²) in [4.78, 5) is 17.6. The average molecular weight is 336 g/mol. The van der Waals surface area contributed by atoms with Crippen LogP contribution in [-0.2, 0) is 5.75 Å². The van der Waals surface area contributed by atoms with E-state index in [0.29, 0.717) is 12.0 Å². The van der Waals surface area contributed by atoms with Crippen LogP contribution in [-0.4, -0.2) is 28.6 Å². The number of hydrogen-bond acceptors (Lipinski definition) is 5. The van der Waals surface area contributed by atoms with Crippen LogP contribution < -0.4 is 5.32 Å². The van der Waals surface area contributed by atoms with Crippen LogP contribution in [0.4, 0.5) is 0 Å². The summed E-state index contributed by atoms with van der Waals surface area (Å²) < 4.78 is 0. The van der Waals surface area contributed by atoms with Crippen molar-refractivity contribution in [2.24, 2.45) is 0 Å². The van der Waals surface area contributed by atoms with E-state index < -0.39 is 0 Å². The number of aliphatic hydroxyl groups is 1. The fourth-order valence-corrected chi connectivity index (χ4v) is 3.39. The Bertz CT molecular complexity index is 607. The summed E-state index contributed by atoms with van der Waals surface area (Å²) in [6.45, 7) is 3.90. The second-order valence-corrected chi connectivity index (χ2v) is 7.04. The summed E-state index contributed by atoms with van der Waals surface area (Å²) in [5.74, 6) is 0.686. The van der Waals surface area contributed by atoms with Gasteiger partial charge in [-0.15, -0.1) is 23.1 Å². The third-order valence-corrected chi connectivity index (χ3v) is 5.09.